The standard InChI is InChI=1S/C17H32O2/c1-3-4-5-10-13-16(2)14-11-8-6-7-9-12-15-17(18)19/h6,8,16H,3-5,7,9-15H2,1-2H3,(H,18,19). The summed E-state index contributed by atoms with van der Waals surface area (Å²) in [7, 11) is 0. The van der Waals surface area contributed by atoms with Crippen molar-refractivity contribution in [3.8, 4) is 0 Å². The van der Waals surface area contributed by atoms with Crippen LogP contribution in [0.1, 0.15) is 84.5 Å². The molecule has 2 nitrogen and oxygen atoms in total. The van der Waals surface area contributed by atoms with Gasteiger partial charge in [-0.25, -0.2) is 0 Å². The SMILES string of the molecule is CCCCCCC(C)CCC=CCCCCC(=O)O. The minimum absolute atomic E-state index is 0.308. The van der Waals surface area contributed by atoms with E-state index in [0.29, 0.717) is 6.42 Å². The first-order chi connectivity index (χ1) is 9.16. The molecule has 0 aromatic heterocycles. The average Bonchev–Trinajstić information content (AvgIpc) is 2.37. The third-order valence-electron chi connectivity index (χ3n) is 3.55. The molecule has 0 amide bonds. The highest BCUT2D eigenvalue weighted by Crippen LogP contribution is 2.15. The molecule has 0 saturated carbocycles. The monoisotopic (exact) mass is 268 g/mol. The van der Waals surface area contributed by atoms with E-state index in [9.17, 15) is 4.79 Å². The van der Waals surface area contributed by atoms with E-state index in [2.05, 4.69) is 26.0 Å². The molecule has 0 radical (unpaired) electrons. The highest BCUT2D eigenvalue weighted by Gasteiger charge is 2.00. The number of hydrogen-bond donors (Lipinski definition) is 1. The summed E-state index contributed by atoms with van der Waals surface area (Å²) in [6.45, 7) is 4.61. The average molecular weight is 268 g/mol. The zero-order valence-electron chi connectivity index (χ0n) is 12.9. The molecule has 0 aliphatic rings. The van der Waals surface area contributed by atoms with Gasteiger partial charge in [-0.1, -0.05) is 58.1 Å². The van der Waals surface area contributed by atoms with Crippen LogP contribution in [0.4, 0.5) is 0 Å². The molecular formula is C17H32O2. The molecule has 0 bridgehead atoms. The molecule has 1 atom stereocenters. The zero-order valence-corrected chi connectivity index (χ0v) is 12.9. The molecule has 1 unspecified atom stereocenters. The number of carbonyl (C=O) groups is 1. The van der Waals surface area contributed by atoms with Crippen molar-refractivity contribution in [3.05, 3.63) is 12.2 Å². The van der Waals surface area contributed by atoms with Gasteiger partial charge < -0.3 is 5.11 Å². The largest absolute Gasteiger partial charge is 0.481 e. The molecule has 19 heavy (non-hydrogen) atoms. The van der Waals surface area contributed by atoms with Crippen molar-refractivity contribution in [2.45, 2.75) is 84.5 Å². The molecule has 0 aromatic rings. The molecular weight excluding hydrogens is 236 g/mol. The molecule has 112 valence electrons. The second-order valence-corrected chi connectivity index (χ2v) is 5.64. The maximum atomic E-state index is 10.3. The van der Waals surface area contributed by atoms with E-state index < -0.39 is 5.97 Å². The van der Waals surface area contributed by atoms with E-state index in [1.165, 1.54) is 44.9 Å². The van der Waals surface area contributed by atoms with Crippen LogP contribution < -0.4 is 0 Å². The summed E-state index contributed by atoms with van der Waals surface area (Å²) in [5.74, 6) is 0.161. The quantitative estimate of drug-likeness (QED) is 0.350. The summed E-state index contributed by atoms with van der Waals surface area (Å²) >= 11 is 0. The fourth-order valence-electron chi connectivity index (χ4n) is 2.22. The molecule has 0 aromatic carbocycles. The van der Waals surface area contributed by atoms with Gasteiger partial charge in [0.1, 0.15) is 0 Å². The van der Waals surface area contributed by atoms with Gasteiger partial charge in [0.05, 0.1) is 0 Å². The fourth-order valence-corrected chi connectivity index (χ4v) is 2.22. The fraction of sp³-hybridized carbons (Fsp3) is 0.824. The Bertz CT molecular complexity index is 233. The number of allylic oxidation sites excluding steroid dienone is 2. The maximum Gasteiger partial charge on any atom is 0.303 e. The van der Waals surface area contributed by atoms with Crippen LogP contribution >= 0.6 is 0 Å². The zero-order chi connectivity index (χ0) is 14.3. The van der Waals surface area contributed by atoms with Gasteiger partial charge in [0, 0.05) is 6.42 Å². The lowest BCUT2D eigenvalue weighted by atomic mass is 9.98. The van der Waals surface area contributed by atoms with Gasteiger partial charge in [-0.15, -0.1) is 0 Å². The summed E-state index contributed by atoms with van der Waals surface area (Å²) in [4.78, 5) is 10.3. The Kier molecular flexibility index (Phi) is 13.1. The number of carboxylic acid groups (broad SMARTS) is 1. The van der Waals surface area contributed by atoms with Crippen LogP contribution in [0.5, 0.6) is 0 Å². The third-order valence-corrected chi connectivity index (χ3v) is 3.55. The summed E-state index contributed by atoms with van der Waals surface area (Å²) in [5.41, 5.74) is 0. The Morgan fingerprint density at radius 2 is 1.74 bits per heavy atom. The first-order valence-corrected chi connectivity index (χ1v) is 8.03. The summed E-state index contributed by atoms with van der Waals surface area (Å²) in [6.07, 6.45) is 16.9. The van der Waals surface area contributed by atoms with Crippen LogP contribution in [0.2, 0.25) is 0 Å². The Morgan fingerprint density at radius 1 is 1.00 bits per heavy atom. The lowest BCUT2D eigenvalue weighted by molar-refractivity contribution is -0.137. The highest BCUT2D eigenvalue weighted by atomic mass is 16.4. The molecule has 0 aliphatic carbocycles. The van der Waals surface area contributed by atoms with Gasteiger partial charge in [-0.05, 0) is 38.0 Å². The van der Waals surface area contributed by atoms with E-state index in [4.69, 9.17) is 5.11 Å². The van der Waals surface area contributed by atoms with E-state index in [0.717, 1.165) is 25.2 Å². The number of unbranched alkanes of at least 4 members (excludes halogenated alkanes) is 5. The number of hydrogen-bond acceptors (Lipinski definition) is 1. The van der Waals surface area contributed by atoms with Crippen molar-refractivity contribution in [1.82, 2.24) is 0 Å². The first-order valence-electron chi connectivity index (χ1n) is 8.03. The summed E-state index contributed by atoms with van der Waals surface area (Å²) in [5, 5.41) is 8.50. The van der Waals surface area contributed by atoms with Crippen LogP contribution in [0.25, 0.3) is 0 Å². The lowest BCUT2D eigenvalue weighted by Crippen LogP contribution is -1.94. The number of carboxylic acids is 1. The number of aliphatic carboxylic acids is 1. The van der Waals surface area contributed by atoms with Crippen molar-refractivity contribution in [1.29, 1.82) is 0 Å². The third kappa shape index (κ3) is 15.2. The Balaban J connectivity index is 3.29. The normalized spacial score (nSPS) is 12.9. The van der Waals surface area contributed by atoms with Gasteiger partial charge in [0.15, 0.2) is 0 Å². The molecule has 0 aliphatic heterocycles. The minimum atomic E-state index is -0.680. The molecule has 1 N–H and O–H groups in total. The highest BCUT2D eigenvalue weighted by molar-refractivity contribution is 5.66. The molecule has 0 rings (SSSR count). The summed E-state index contributed by atoms with van der Waals surface area (Å²) < 4.78 is 0. The Labute approximate surface area is 119 Å². The molecule has 0 fully saturated rings. The van der Waals surface area contributed by atoms with Crippen molar-refractivity contribution < 1.29 is 9.90 Å². The van der Waals surface area contributed by atoms with Crippen molar-refractivity contribution in [3.63, 3.8) is 0 Å². The molecule has 0 heterocycles. The molecule has 2 heteroatoms. The van der Waals surface area contributed by atoms with Crippen LogP contribution in [-0.4, -0.2) is 11.1 Å². The van der Waals surface area contributed by atoms with Gasteiger partial charge in [0.25, 0.3) is 0 Å². The van der Waals surface area contributed by atoms with Gasteiger partial charge in [0.2, 0.25) is 0 Å². The topological polar surface area (TPSA) is 37.3 Å². The van der Waals surface area contributed by atoms with E-state index in [1.807, 2.05) is 0 Å². The van der Waals surface area contributed by atoms with E-state index in [1.54, 1.807) is 0 Å². The Hall–Kier alpha value is -0.790. The second kappa shape index (κ2) is 13.6. The second-order valence-electron chi connectivity index (χ2n) is 5.64. The lowest BCUT2D eigenvalue weighted by Gasteiger charge is -2.09. The van der Waals surface area contributed by atoms with Crippen LogP contribution in [0.15, 0.2) is 12.2 Å². The predicted molar refractivity (Wildman–Crippen MR) is 82.4 cm³/mol. The number of rotatable bonds is 13. The smallest absolute Gasteiger partial charge is 0.303 e. The molecule has 0 spiro atoms. The van der Waals surface area contributed by atoms with Crippen LogP contribution in [0, 0.1) is 5.92 Å². The van der Waals surface area contributed by atoms with Gasteiger partial charge in [-0.2, -0.15) is 0 Å². The van der Waals surface area contributed by atoms with Crippen LogP contribution in [-0.2, 0) is 4.79 Å². The minimum Gasteiger partial charge on any atom is -0.481 e. The van der Waals surface area contributed by atoms with E-state index >= 15 is 0 Å². The summed E-state index contributed by atoms with van der Waals surface area (Å²) in [6, 6.07) is 0. The van der Waals surface area contributed by atoms with E-state index in [-0.39, 0.29) is 0 Å². The first kappa shape index (κ1) is 18.2. The predicted octanol–water partition coefficient (Wildman–Crippen LogP) is 5.57. The van der Waals surface area contributed by atoms with Crippen LogP contribution in [0.3, 0.4) is 0 Å². The van der Waals surface area contributed by atoms with Crippen molar-refractivity contribution >= 4 is 5.97 Å². The van der Waals surface area contributed by atoms with Crippen molar-refractivity contribution in [2.75, 3.05) is 0 Å². The van der Waals surface area contributed by atoms with Crippen molar-refractivity contribution in [2.24, 2.45) is 5.92 Å². The Morgan fingerprint density at radius 3 is 2.42 bits per heavy atom. The van der Waals surface area contributed by atoms with Gasteiger partial charge in [-0.3, -0.25) is 4.79 Å². The van der Waals surface area contributed by atoms with Gasteiger partial charge >= 0.3 is 5.97 Å². The molecule has 0 saturated heterocycles. The maximum absolute atomic E-state index is 10.3.